The molecule has 1 heterocycles. The highest BCUT2D eigenvalue weighted by Crippen LogP contribution is 2.20. The van der Waals surface area contributed by atoms with E-state index in [0.29, 0.717) is 16.8 Å². The van der Waals surface area contributed by atoms with Crippen molar-refractivity contribution >= 4 is 15.9 Å². The van der Waals surface area contributed by atoms with Crippen molar-refractivity contribution in [3.8, 4) is 11.3 Å². The minimum atomic E-state index is -3.59. The van der Waals surface area contributed by atoms with Crippen LogP contribution in [0.2, 0.25) is 0 Å². The van der Waals surface area contributed by atoms with Gasteiger partial charge in [0.2, 0.25) is 10.0 Å². The Balaban J connectivity index is 1.79. The Labute approximate surface area is 171 Å². The van der Waals surface area contributed by atoms with Crippen LogP contribution in [0, 0.1) is 6.92 Å². The van der Waals surface area contributed by atoms with Crippen molar-refractivity contribution in [3.05, 3.63) is 83.6 Å². The lowest BCUT2D eigenvalue weighted by Gasteiger charge is -2.15. The zero-order valence-corrected chi connectivity index (χ0v) is 17.4. The van der Waals surface area contributed by atoms with Gasteiger partial charge < -0.3 is 5.32 Å². The number of rotatable bonds is 6. The Bertz CT molecular complexity index is 1130. The van der Waals surface area contributed by atoms with Crippen LogP contribution in [0.25, 0.3) is 11.3 Å². The number of benzene rings is 2. The third kappa shape index (κ3) is 4.52. The Hall–Kier alpha value is -3.03. The van der Waals surface area contributed by atoms with Crippen LogP contribution in [0.4, 0.5) is 0 Å². The number of sulfonamides is 1. The van der Waals surface area contributed by atoms with Crippen molar-refractivity contribution in [1.29, 1.82) is 0 Å². The average molecular weight is 410 g/mol. The summed E-state index contributed by atoms with van der Waals surface area (Å²) in [5.74, 6) is -0.299. The lowest BCUT2D eigenvalue weighted by Crippen LogP contribution is -2.27. The van der Waals surface area contributed by atoms with Gasteiger partial charge in [-0.05, 0) is 30.7 Å². The molecule has 0 atom stereocenters. The number of carbonyl (C=O) groups is 1. The van der Waals surface area contributed by atoms with Crippen molar-refractivity contribution in [3.63, 3.8) is 0 Å². The first-order valence-electron chi connectivity index (χ1n) is 9.12. The zero-order valence-electron chi connectivity index (χ0n) is 16.6. The van der Waals surface area contributed by atoms with Crippen molar-refractivity contribution < 1.29 is 13.2 Å². The predicted octanol–water partition coefficient (Wildman–Crippen LogP) is 3.24. The quantitative estimate of drug-likeness (QED) is 0.678. The molecule has 3 rings (SSSR count). The number of amides is 1. The van der Waals surface area contributed by atoms with E-state index in [-0.39, 0.29) is 17.3 Å². The predicted molar refractivity (Wildman–Crippen MR) is 113 cm³/mol. The molecule has 0 spiro atoms. The normalized spacial score (nSPS) is 11.4. The van der Waals surface area contributed by atoms with Crippen LogP contribution >= 0.6 is 0 Å². The van der Waals surface area contributed by atoms with Gasteiger partial charge in [0.1, 0.15) is 0 Å². The second-order valence-corrected chi connectivity index (χ2v) is 8.89. The number of hydrogen-bond acceptors (Lipinski definition) is 4. The molecule has 6 nitrogen and oxygen atoms in total. The van der Waals surface area contributed by atoms with Gasteiger partial charge in [-0.15, -0.1) is 0 Å². The molecule has 1 amide bonds. The molecule has 29 heavy (non-hydrogen) atoms. The maximum absolute atomic E-state index is 12.7. The molecule has 0 unspecified atom stereocenters. The molecule has 0 aliphatic heterocycles. The van der Waals surface area contributed by atoms with Crippen molar-refractivity contribution in [2.75, 3.05) is 14.1 Å². The maximum Gasteiger partial charge on any atom is 0.253 e. The van der Waals surface area contributed by atoms with Gasteiger partial charge in [0.05, 0.1) is 21.8 Å². The highest BCUT2D eigenvalue weighted by molar-refractivity contribution is 7.89. The summed E-state index contributed by atoms with van der Waals surface area (Å²) in [6.07, 6.45) is 0. The van der Waals surface area contributed by atoms with Crippen molar-refractivity contribution in [2.45, 2.75) is 18.4 Å². The van der Waals surface area contributed by atoms with Crippen LogP contribution in [-0.4, -0.2) is 37.7 Å². The van der Waals surface area contributed by atoms with E-state index >= 15 is 0 Å². The van der Waals surface area contributed by atoms with Crippen molar-refractivity contribution in [2.24, 2.45) is 0 Å². The van der Waals surface area contributed by atoms with Gasteiger partial charge in [-0.1, -0.05) is 48.5 Å². The summed E-state index contributed by atoms with van der Waals surface area (Å²) in [6.45, 7) is 1.88. The van der Waals surface area contributed by atoms with Crippen LogP contribution in [0.15, 0.2) is 71.6 Å². The van der Waals surface area contributed by atoms with Crippen LogP contribution in [-0.2, 0) is 16.6 Å². The first-order chi connectivity index (χ1) is 13.8. The summed E-state index contributed by atoms with van der Waals surface area (Å²) >= 11 is 0. The monoisotopic (exact) mass is 409 g/mol. The third-order valence-electron chi connectivity index (χ3n) is 4.57. The summed E-state index contributed by atoms with van der Waals surface area (Å²) in [4.78, 5) is 17.4. The minimum Gasteiger partial charge on any atom is -0.348 e. The minimum absolute atomic E-state index is 0.0992. The van der Waals surface area contributed by atoms with Gasteiger partial charge in [0.15, 0.2) is 0 Å². The first-order valence-corrected chi connectivity index (χ1v) is 10.6. The second kappa shape index (κ2) is 8.55. The van der Waals surface area contributed by atoms with Gasteiger partial charge in [-0.2, -0.15) is 0 Å². The fraction of sp³-hybridized carbons (Fsp3) is 0.182. The lowest BCUT2D eigenvalue weighted by atomic mass is 10.1. The maximum atomic E-state index is 12.7. The van der Waals surface area contributed by atoms with Crippen molar-refractivity contribution in [1.82, 2.24) is 14.6 Å². The summed E-state index contributed by atoms with van der Waals surface area (Å²) < 4.78 is 26.2. The fourth-order valence-corrected chi connectivity index (χ4v) is 4.06. The highest BCUT2D eigenvalue weighted by atomic mass is 32.2. The Morgan fingerprint density at radius 2 is 1.62 bits per heavy atom. The molecule has 3 aromatic rings. The molecule has 1 aromatic heterocycles. The van der Waals surface area contributed by atoms with Gasteiger partial charge in [0, 0.05) is 26.2 Å². The van der Waals surface area contributed by atoms with E-state index in [0.717, 1.165) is 15.6 Å². The molecule has 150 valence electrons. The zero-order chi connectivity index (χ0) is 21.0. The molecule has 2 aromatic carbocycles. The molecule has 0 saturated heterocycles. The molecule has 0 bridgehead atoms. The van der Waals surface area contributed by atoms with Crippen LogP contribution < -0.4 is 5.32 Å². The number of pyridine rings is 1. The molecule has 0 saturated carbocycles. The molecule has 0 fully saturated rings. The molecule has 0 radical (unpaired) electrons. The fourth-order valence-electron chi connectivity index (χ4n) is 2.94. The van der Waals surface area contributed by atoms with Crippen LogP contribution in [0.1, 0.15) is 21.6 Å². The molecular formula is C22H23N3O3S. The molecular weight excluding hydrogens is 386 g/mol. The van der Waals surface area contributed by atoms with E-state index in [9.17, 15) is 13.2 Å². The second-order valence-electron chi connectivity index (χ2n) is 6.77. The van der Waals surface area contributed by atoms with E-state index < -0.39 is 10.0 Å². The SMILES string of the molecule is Cc1nc(-c2ccccc2)ccc1C(=O)NCc1ccccc1S(=O)(=O)N(C)C. The summed E-state index contributed by atoms with van der Waals surface area (Å²) in [6, 6.07) is 19.9. The average Bonchev–Trinajstić information content (AvgIpc) is 2.72. The van der Waals surface area contributed by atoms with E-state index in [2.05, 4.69) is 10.3 Å². The number of aryl methyl sites for hydroxylation is 1. The number of nitrogens with zero attached hydrogens (tertiary/aromatic N) is 2. The van der Waals surface area contributed by atoms with E-state index in [4.69, 9.17) is 0 Å². The van der Waals surface area contributed by atoms with Gasteiger partial charge >= 0.3 is 0 Å². The van der Waals surface area contributed by atoms with E-state index in [1.807, 2.05) is 36.4 Å². The number of carbonyl (C=O) groups excluding carboxylic acids is 1. The first kappa shape index (κ1) is 20.7. The van der Waals surface area contributed by atoms with E-state index in [1.54, 1.807) is 31.2 Å². The molecule has 7 heteroatoms. The Morgan fingerprint density at radius 3 is 2.28 bits per heavy atom. The molecule has 0 aliphatic rings. The van der Waals surface area contributed by atoms with Gasteiger partial charge in [0.25, 0.3) is 5.91 Å². The highest BCUT2D eigenvalue weighted by Gasteiger charge is 2.21. The van der Waals surface area contributed by atoms with Crippen LogP contribution in [0.3, 0.4) is 0 Å². The Kier molecular flexibility index (Phi) is 6.10. The smallest absolute Gasteiger partial charge is 0.253 e. The van der Waals surface area contributed by atoms with E-state index in [1.165, 1.54) is 20.2 Å². The molecule has 1 N–H and O–H groups in total. The van der Waals surface area contributed by atoms with Crippen LogP contribution in [0.5, 0.6) is 0 Å². The summed E-state index contributed by atoms with van der Waals surface area (Å²) in [5, 5.41) is 2.80. The topological polar surface area (TPSA) is 79.4 Å². The molecule has 0 aliphatic carbocycles. The van der Waals surface area contributed by atoms with Gasteiger partial charge in [-0.25, -0.2) is 12.7 Å². The third-order valence-corrected chi connectivity index (χ3v) is 6.49. The van der Waals surface area contributed by atoms with Gasteiger partial charge in [-0.3, -0.25) is 9.78 Å². The summed E-state index contributed by atoms with van der Waals surface area (Å²) in [7, 11) is -0.634. The lowest BCUT2D eigenvalue weighted by molar-refractivity contribution is 0.0949. The Morgan fingerprint density at radius 1 is 0.966 bits per heavy atom. The number of hydrogen-bond donors (Lipinski definition) is 1. The standard InChI is InChI=1S/C22H23N3O3S/c1-16-19(13-14-20(24-16)17-9-5-4-6-10-17)22(26)23-15-18-11-7-8-12-21(18)29(27,28)25(2)3/h4-14H,15H2,1-3H3,(H,23,26). The number of nitrogens with one attached hydrogen (secondary N) is 1. The summed E-state index contributed by atoms with van der Waals surface area (Å²) in [5.41, 5.74) is 3.36. The largest absolute Gasteiger partial charge is 0.348 e. The number of aromatic nitrogens is 1.